The van der Waals surface area contributed by atoms with E-state index in [1.165, 1.54) is 0 Å². The summed E-state index contributed by atoms with van der Waals surface area (Å²) in [4.78, 5) is 0.435. The van der Waals surface area contributed by atoms with E-state index in [0.717, 1.165) is 40.4 Å². The molecule has 1 aliphatic heterocycles. The van der Waals surface area contributed by atoms with Gasteiger partial charge in [-0.25, -0.2) is 8.42 Å². The molecule has 5 nitrogen and oxygen atoms in total. The Balaban J connectivity index is 1.75. The second-order valence-corrected chi connectivity index (χ2v) is 9.33. The number of hydrogen-bond acceptors (Lipinski definition) is 5. The van der Waals surface area contributed by atoms with E-state index in [-0.39, 0.29) is 0 Å². The Hall–Kier alpha value is -1.31. The minimum atomic E-state index is -3.42. The Kier molecular flexibility index (Phi) is 5.03. The molecule has 3 rings (SSSR count). The molecule has 0 radical (unpaired) electrons. The number of benzene rings is 1. The van der Waals surface area contributed by atoms with Gasteiger partial charge in [0.05, 0.1) is 4.90 Å². The lowest BCUT2D eigenvalue weighted by Crippen LogP contribution is -2.38. The first-order valence-corrected chi connectivity index (χ1v) is 10.6. The fourth-order valence-electron chi connectivity index (χ4n) is 3.04. The smallest absolute Gasteiger partial charge is 0.207 e. The molecule has 0 bridgehead atoms. The number of nitrogens with zero attached hydrogens (tertiary/aromatic N) is 3. The fraction of sp³-hybridized carbons (Fsp3) is 0.529. The van der Waals surface area contributed by atoms with Crippen LogP contribution in [0.2, 0.25) is 0 Å². The van der Waals surface area contributed by atoms with Gasteiger partial charge in [0, 0.05) is 19.0 Å². The number of hydrogen-bond donors (Lipinski definition) is 0. The van der Waals surface area contributed by atoms with Crippen molar-refractivity contribution in [1.29, 1.82) is 0 Å². The molecule has 0 N–H and O–H groups in total. The molecule has 0 saturated carbocycles. The predicted octanol–water partition coefficient (Wildman–Crippen LogP) is 3.29. The maximum Gasteiger partial charge on any atom is 0.243 e. The third kappa shape index (κ3) is 3.38. The Bertz CT molecular complexity index is 822. The van der Waals surface area contributed by atoms with E-state index in [9.17, 15) is 8.42 Å². The molecule has 0 atom stereocenters. The highest BCUT2D eigenvalue weighted by molar-refractivity contribution is 7.89. The molecule has 2 aromatic rings. The molecule has 0 spiro atoms. The maximum atomic E-state index is 13.0. The van der Waals surface area contributed by atoms with Crippen molar-refractivity contribution in [1.82, 2.24) is 14.5 Å². The molecular formula is C17H23N3O2S2. The molecular weight excluding hydrogens is 342 g/mol. The van der Waals surface area contributed by atoms with Crippen LogP contribution in [0.25, 0.3) is 0 Å². The van der Waals surface area contributed by atoms with E-state index in [1.54, 1.807) is 21.7 Å². The minimum absolute atomic E-state index is 0.327. The predicted molar refractivity (Wildman–Crippen MR) is 95.9 cm³/mol. The zero-order chi connectivity index (χ0) is 17.3. The lowest BCUT2D eigenvalue weighted by Gasteiger charge is -2.30. The van der Waals surface area contributed by atoms with Crippen LogP contribution in [-0.4, -0.2) is 36.0 Å². The SMILES string of the molecule is CCc1nnc(C2CCN(S(=O)(=O)c3cc(C)ccc3C)CC2)s1. The molecule has 0 unspecified atom stereocenters. The Morgan fingerprint density at radius 1 is 1.21 bits per heavy atom. The number of aromatic nitrogens is 2. The van der Waals surface area contributed by atoms with Crippen LogP contribution in [0.3, 0.4) is 0 Å². The Labute approximate surface area is 147 Å². The molecule has 1 aromatic carbocycles. The lowest BCUT2D eigenvalue weighted by atomic mass is 9.99. The zero-order valence-corrected chi connectivity index (χ0v) is 16.0. The first-order chi connectivity index (χ1) is 11.4. The molecule has 7 heteroatoms. The van der Waals surface area contributed by atoms with Crippen LogP contribution in [0.15, 0.2) is 23.1 Å². The number of rotatable bonds is 4. The van der Waals surface area contributed by atoms with Crippen molar-refractivity contribution in [2.45, 2.75) is 50.8 Å². The second kappa shape index (κ2) is 6.90. The van der Waals surface area contributed by atoms with Gasteiger partial charge in [0.1, 0.15) is 10.0 Å². The van der Waals surface area contributed by atoms with Crippen molar-refractivity contribution in [2.75, 3.05) is 13.1 Å². The van der Waals surface area contributed by atoms with E-state index < -0.39 is 10.0 Å². The van der Waals surface area contributed by atoms with Crippen LogP contribution in [0, 0.1) is 13.8 Å². The zero-order valence-electron chi connectivity index (χ0n) is 14.3. The Morgan fingerprint density at radius 3 is 2.54 bits per heavy atom. The summed E-state index contributed by atoms with van der Waals surface area (Å²) in [6, 6.07) is 5.60. The summed E-state index contributed by atoms with van der Waals surface area (Å²) in [6.45, 7) is 6.94. The van der Waals surface area contributed by atoms with Crippen LogP contribution >= 0.6 is 11.3 Å². The quantitative estimate of drug-likeness (QED) is 0.834. The normalized spacial score (nSPS) is 17.3. The van der Waals surface area contributed by atoms with E-state index in [2.05, 4.69) is 17.1 Å². The van der Waals surface area contributed by atoms with Gasteiger partial charge in [0.25, 0.3) is 0 Å². The van der Waals surface area contributed by atoms with Gasteiger partial charge in [-0.3, -0.25) is 0 Å². The summed E-state index contributed by atoms with van der Waals surface area (Å²) in [5, 5.41) is 10.6. The van der Waals surface area contributed by atoms with Crippen molar-refractivity contribution in [3.63, 3.8) is 0 Å². The van der Waals surface area contributed by atoms with Gasteiger partial charge in [-0.2, -0.15) is 4.31 Å². The van der Waals surface area contributed by atoms with Crippen LogP contribution in [0.4, 0.5) is 0 Å². The average molecular weight is 366 g/mol. The third-order valence-electron chi connectivity index (χ3n) is 4.55. The monoisotopic (exact) mass is 365 g/mol. The largest absolute Gasteiger partial charge is 0.243 e. The molecule has 1 aliphatic rings. The second-order valence-electron chi connectivity index (χ2n) is 6.33. The highest BCUT2D eigenvalue weighted by Crippen LogP contribution is 2.33. The van der Waals surface area contributed by atoms with Gasteiger partial charge in [-0.05, 0) is 50.3 Å². The summed E-state index contributed by atoms with van der Waals surface area (Å²) in [5.74, 6) is 0.327. The van der Waals surface area contributed by atoms with Crippen molar-refractivity contribution in [3.8, 4) is 0 Å². The van der Waals surface area contributed by atoms with Crippen LogP contribution in [0.5, 0.6) is 0 Å². The van der Waals surface area contributed by atoms with Crippen molar-refractivity contribution in [3.05, 3.63) is 39.3 Å². The summed E-state index contributed by atoms with van der Waals surface area (Å²) >= 11 is 1.66. The van der Waals surface area contributed by atoms with Gasteiger partial charge < -0.3 is 0 Å². The number of piperidine rings is 1. The summed E-state index contributed by atoms with van der Waals surface area (Å²) in [5.41, 5.74) is 1.77. The van der Waals surface area contributed by atoms with E-state index in [4.69, 9.17) is 0 Å². The van der Waals surface area contributed by atoms with Crippen LogP contribution < -0.4 is 0 Å². The van der Waals surface area contributed by atoms with Gasteiger partial charge >= 0.3 is 0 Å². The van der Waals surface area contributed by atoms with Crippen molar-refractivity contribution < 1.29 is 8.42 Å². The van der Waals surface area contributed by atoms with Crippen molar-refractivity contribution in [2.24, 2.45) is 0 Å². The first kappa shape index (κ1) is 17.5. The molecule has 1 aromatic heterocycles. The molecule has 1 fully saturated rings. The Morgan fingerprint density at radius 2 is 1.92 bits per heavy atom. The molecule has 24 heavy (non-hydrogen) atoms. The molecule has 0 amide bonds. The minimum Gasteiger partial charge on any atom is -0.207 e. The fourth-order valence-corrected chi connectivity index (χ4v) is 5.77. The first-order valence-electron chi connectivity index (χ1n) is 8.31. The average Bonchev–Trinajstić information content (AvgIpc) is 3.06. The summed E-state index contributed by atoms with van der Waals surface area (Å²) < 4.78 is 27.5. The van der Waals surface area contributed by atoms with Gasteiger partial charge in [-0.1, -0.05) is 19.1 Å². The lowest BCUT2D eigenvalue weighted by molar-refractivity contribution is 0.318. The van der Waals surface area contributed by atoms with Crippen molar-refractivity contribution >= 4 is 21.4 Å². The van der Waals surface area contributed by atoms with Gasteiger partial charge in [0.2, 0.25) is 10.0 Å². The summed E-state index contributed by atoms with van der Waals surface area (Å²) in [6.07, 6.45) is 2.52. The standard InChI is InChI=1S/C17H23N3O2S2/c1-4-16-18-19-17(23-16)14-7-9-20(10-8-14)24(21,22)15-11-12(2)5-6-13(15)3/h5-6,11,14H,4,7-10H2,1-3H3. The maximum absolute atomic E-state index is 13.0. The van der Waals surface area contributed by atoms with E-state index >= 15 is 0 Å². The van der Waals surface area contributed by atoms with Crippen LogP contribution in [0.1, 0.15) is 46.8 Å². The van der Waals surface area contributed by atoms with E-state index in [1.807, 2.05) is 26.0 Å². The van der Waals surface area contributed by atoms with Gasteiger partial charge in [-0.15, -0.1) is 21.5 Å². The van der Waals surface area contributed by atoms with E-state index in [0.29, 0.717) is 23.9 Å². The highest BCUT2D eigenvalue weighted by atomic mass is 32.2. The van der Waals surface area contributed by atoms with Crippen LogP contribution in [-0.2, 0) is 16.4 Å². The third-order valence-corrected chi connectivity index (χ3v) is 7.82. The van der Waals surface area contributed by atoms with Gasteiger partial charge in [0.15, 0.2) is 0 Å². The number of sulfonamides is 1. The molecule has 1 saturated heterocycles. The molecule has 130 valence electrons. The number of aryl methyl sites for hydroxylation is 3. The topological polar surface area (TPSA) is 63.2 Å². The highest BCUT2D eigenvalue weighted by Gasteiger charge is 2.32. The molecule has 2 heterocycles. The summed E-state index contributed by atoms with van der Waals surface area (Å²) in [7, 11) is -3.42. The molecule has 0 aliphatic carbocycles.